The first kappa shape index (κ1) is 17.3. The monoisotopic (exact) mass is 340 g/mol. The van der Waals surface area contributed by atoms with E-state index in [1.165, 1.54) is 7.11 Å². The normalized spacial score (nSPS) is 11.2. The Morgan fingerprint density at radius 1 is 1.52 bits per heavy atom. The summed E-state index contributed by atoms with van der Waals surface area (Å²) in [6.45, 7) is 0.142. The van der Waals surface area contributed by atoms with Crippen LogP contribution in [-0.2, 0) is 13.8 Å². The predicted molar refractivity (Wildman–Crippen MR) is 70.3 cm³/mol. The number of benzene rings is 1. The quantitative estimate of drug-likeness (QED) is 0.358. The predicted octanol–water partition coefficient (Wildman–Crippen LogP) is 1.04. The number of carbonyl (C=O) groups is 1. The summed E-state index contributed by atoms with van der Waals surface area (Å²) in [4.78, 5) is 20.4. The van der Waals surface area contributed by atoms with E-state index in [-0.39, 0.29) is 13.2 Å². The van der Waals surface area contributed by atoms with Gasteiger partial charge < -0.3 is 10.1 Å². The number of hydrogen-bond acceptors (Lipinski definition) is 6. The van der Waals surface area contributed by atoms with Crippen molar-refractivity contribution in [3.05, 3.63) is 33.6 Å². The van der Waals surface area contributed by atoms with Gasteiger partial charge in [0.1, 0.15) is 4.90 Å². The molecule has 21 heavy (non-hydrogen) atoms. The van der Waals surface area contributed by atoms with Crippen LogP contribution in [-0.4, -0.2) is 39.5 Å². The molecule has 0 spiro atoms. The second-order valence-electron chi connectivity index (χ2n) is 3.75. The number of ether oxygens (including phenoxy) is 1. The molecule has 0 bridgehead atoms. The highest BCUT2D eigenvalue weighted by Crippen LogP contribution is 2.27. The van der Waals surface area contributed by atoms with Crippen LogP contribution in [0.4, 0.5) is 10.1 Å². The zero-order valence-corrected chi connectivity index (χ0v) is 12.2. The number of rotatable bonds is 6. The zero-order chi connectivity index (χ0) is 16.2. The topological polar surface area (TPSA) is 116 Å². The fourth-order valence-electron chi connectivity index (χ4n) is 1.39. The Balaban J connectivity index is 3.34. The van der Waals surface area contributed by atoms with Gasteiger partial charge in [-0.15, -0.1) is 0 Å². The Morgan fingerprint density at radius 3 is 2.62 bits per heavy atom. The largest absolute Gasteiger partial charge is 0.383 e. The molecule has 0 atom stereocenters. The number of amides is 1. The zero-order valence-electron chi connectivity index (χ0n) is 10.6. The van der Waals surface area contributed by atoms with Gasteiger partial charge in [-0.2, -0.15) is 0 Å². The van der Waals surface area contributed by atoms with Gasteiger partial charge in [0.15, 0.2) is 5.82 Å². The van der Waals surface area contributed by atoms with Crippen molar-refractivity contribution in [2.45, 2.75) is 4.90 Å². The molecule has 0 saturated carbocycles. The maximum Gasteiger partial charge on any atom is 0.271 e. The van der Waals surface area contributed by atoms with E-state index < -0.39 is 41.8 Å². The molecule has 0 fully saturated rings. The first-order chi connectivity index (χ1) is 9.68. The maximum atomic E-state index is 14.0. The van der Waals surface area contributed by atoms with E-state index in [0.29, 0.717) is 12.1 Å². The van der Waals surface area contributed by atoms with Crippen molar-refractivity contribution in [2.75, 3.05) is 20.3 Å². The van der Waals surface area contributed by atoms with Crippen molar-refractivity contribution >= 4 is 31.3 Å². The van der Waals surface area contributed by atoms with Gasteiger partial charge in [-0.3, -0.25) is 14.9 Å². The van der Waals surface area contributed by atoms with Gasteiger partial charge in [0.25, 0.3) is 20.6 Å². The van der Waals surface area contributed by atoms with Crippen molar-refractivity contribution in [1.82, 2.24) is 5.32 Å². The fraction of sp³-hybridized carbons (Fsp3) is 0.300. The summed E-state index contributed by atoms with van der Waals surface area (Å²) in [6.07, 6.45) is 0. The third kappa shape index (κ3) is 4.34. The number of nitro benzene ring substituents is 1. The lowest BCUT2D eigenvalue weighted by Crippen LogP contribution is -2.28. The summed E-state index contributed by atoms with van der Waals surface area (Å²) < 4.78 is 41.1. The fourth-order valence-corrected chi connectivity index (χ4v) is 2.32. The summed E-state index contributed by atoms with van der Waals surface area (Å²) in [6, 6.07) is 1.08. The molecule has 0 radical (unpaired) electrons. The molecule has 8 nitrogen and oxygen atoms in total. The molecule has 11 heteroatoms. The standard InChI is InChI=1S/C10H10ClFN2O6S/c1-20-3-2-13-10(15)7-4-6(14(16)17)5-8(9(7)12)21(11,18)19/h4-5H,2-3H2,1H3,(H,13,15). The van der Waals surface area contributed by atoms with Crippen LogP contribution in [0.5, 0.6) is 0 Å². The van der Waals surface area contributed by atoms with Crippen molar-refractivity contribution in [3.8, 4) is 0 Å². The minimum atomic E-state index is -4.58. The highest BCUT2D eigenvalue weighted by Gasteiger charge is 2.27. The number of hydrogen-bond donors (Lipinski definition) is 1. The molecule has 0 saturated heterocycles. The van der Waals surface area contributed by atoms with Crippen LogP contribution in [0.1, 0.15) is 10.4 Å². The molecule has 0 aliphatic heterocycles. The number of methoxy groups -OCH3 is 1. The lowest BCUT2D eigenvalue weighted by atomic mass is 10.1. The van der Waals surface area contributed by atoms with Crippen molar-refractivity contribution < 1.29 is 27.3 Å². The summed E-state index contributed by atoms with van der Waals surface area (Å²) in [5, 5.41) is 12.9. The number of carbonyl (C=O) groups excluding carboxylic acids is 1. The van der Waals surface area contributed by atoms with E-state index in [2.05, 4.69) is 10.1 Å². The maximum absolute atomic E-state index is 14.0. The number of nitrogens with one attached hydrogen (secondary N) is 1. The minimum absolute atomic E-state index is 0.0143. The summed E-state index contributed by atoms with van der Waals surface area (Å²) in [7, 11) is 1.79. The van der Waals surface area contributed by atoms with Gasteiger partial charge in [-0.25, -0.2) is 12.8 Å². The molecule has 0 unspecified atom stereocenters. The number of non-ortho nitro benzene ring substituents is 1. The second kappa shape index (κ2) is 6.78. The van der Waals surface area contributed by atoms with E-state index in [0.717, 1.165) is 0 Å². The Bertz CT molecular complexity index is 678. The highest BCUT2D eigenvalue weighted by atomic mass is 35.7. The molecule has 1 amide bonds. The first-order valence-electron chi connectivity index (χ1n) is 5.38. The average Bonchev–Trinajstić information content (AvgIpc) is 2.37. The Labute approximate surface area is 123 Å². The van der Waals surface area contributed by atoms with Gasteiger partial charge in [0.05, 0.1) is 17.1 Å². The van der Waals surface area contributed by atoms with E-state index in [4.69, 9.17) is 10.7 Å². The minimum Gasteiger partial charge on any atom is -0.383 e. The van der Waals surface area contributed by atoms with Gasteiger partial charge in [-0.05, 0) is 0 Å². The van der Waals surface area contributed by atoms with Gasteiger partial charge in [0.2, 0.25) is 0 Å². The van der Waals surface area contributed by atoms with E-state index in [1.807, 2.05) is 0 Å². The molecule has 0 heterocycles. The number of nitro groups is 1. The summed E-state index contributed by atoms with van der Waals surface area (Å²) >= 11 is 0. The van der Waals surface area contributed by atoms with Crippen LogP contribution >= 0.6 is 10.7 Å². The average molecular weight is 341 g/mol. The van der Waals surface area contributed by atoms with Gasteiger partial charge in [-0.1, -0.05) is 0 Å². The Kier molecular flexibility index (Phi) is 5.58. The van der Waals surface area contributed by atoms with Crippen LogP contribution < -0.4 is 5.32 Å². The van der Waals surface area contributed by atoms with Gasteiger partial charge in [0, 0.05) is 36.5 Å². The number of nitrogens with zero attached hydrogens (tertiary/aromatic N) is 1. The third-order valence-corrected chi connectivity index (χ3v) is 3.65. The molecule has 1 aromatic carbocycles. The van der Waals surface area contributed by atoms with Crippen LogP contribution in [0.2, 0.25) is 0 Å². The summed E-state index contributed by atoms with van der Waals surface area (Å²) in [5.41, 5.74) is -1.56. The second-order valence-corrected chi connectivity index (χ2v) is 6.28. The highest BCUT2D eigenvalue weighted by molar-refractivity contribution is 8.13. The Hall–Kier alpha value is -1.78. The molecule has 1 rings (SSSR count). The summed E-state index contributed by atoms with van der Waals surface area (Å²) in [5.74, 6) is -2.47. The van der Waals surface area contributed by atoms with Crippen LogP contribution in [0.15, 0.2) is 17.0 Å². The smallest absolute Gasteiger partial charge is 0.271 e. The van der Waals surface area contributed by atoms with Crippen LogP contribution in [0.25, 0.3) is 0 Å². The third-order valence-electron chi connectivity index (χ3n) is 2.33. The van der Waals surface area contributed by atoms with Crippen molar-refractivity contribution in [1.29, 1.82) is 0 Å². The van der Waals surface area contributed by atoms with Crippen LogP contribution in [0, 0.1) is 15.9 Å². The lowest BCUT2D eigenvalue weighted by molar-refractivity contribution is -0.385. The van der Waals surface area contributed by atoms with E-state index >= 15 is 0 Å². The molecule has 0 aliphatic carbocycles. The van der Waals surface area contributed by atoms with E-state index in [9.17, 15) is 27.7 Å². The SMILES string of the molecule is COCCNC(=O)c1cc([N+](=O)[O-])cc(S(=O)(=O)Cl)c1F. The van der Waals surface area contributed by atoms with Crippen molar-refractivity contribution in [3.63, 3.8) is 0 Å². The lowest BCUT2D eigenvalue weighted by Gasteiger charge is -2.07. The molecule has 1 N–H and O–H groups in total. The first-order valence-corrected chi connectivity index (χ1v) is 7.69. The molecule has 116 valence electrons. The van der Waals surface area contributed by atoms with Crippen molar-refractivity contribution in [2.24, 2.45) is 0 Å². The van der Waals surface area contributed by atoms with Gasteiger partial charge >= 0.3 is 0 Å². The molecule has 1 aromatic rings. The Morgan fingerprint density at radius 2 is 2.14 bits per heavy atom. The molecular formula is C10H10ClFN2O6S. The molecule has 0 aliphatic rings. The molecule has 0 aromatic heterocycles. The molecular weight excluding hydrogens is 331 g/mol. The van der Waals surface area contributed by atoms with E-state index in [1.54, 1.807) is 0 Å². The van der Waals surface area contributed by atoms with Crippen LogP contribution in [0.3, 0.4) is 0 Å². The number of halogens is 2.